The molecule has 2 aromatic heterocycles. The van der Waals surface area contributed by atoms with Crippen LogP contribution in [0.3, 0.4) is 0 Å². The van der Waals surface area contributed by atoms with E-state index < -0.39 is 17.8 Å². The lowest BCUT2D eigenvalue weighted by molar-refractivity contribution is 0.0601. The summed E-state index contributed by atoms with van der Waals surface area (Å²) in [5.41, 5.74) is 5.03. The van der Waals surface area contributed by atoms with Crippen molar-refractivity contribution in [2.45, 2.75) is 20.8 Å². The maximum atomic E-state index is 13.7. The third kappa shape index (κ3) is 4.40. The van der Waals surface area contributed by atoms with E-state index in [0.29, 0.717) is 33.3 Å². The Morgan fingerprint density at radius 1 is 0.829 bits per heavy atom. The molecule has 0 aliphatic carbocycles. The molecule has 178 valence electrons. The predicted octanol–water partition coefficient (Wildman–Crippen LogP) is 5.71. The van der Waals surface area contributed by atoms with E-state index in [0.717, 1.165) is 22.5 Å². The van der Waals surface area contributed by atoms with Gasteiger partial charge in [0.25, 0.3) is 5.91 Å². The van der Waals surface area contributed by atoms with Gasteiger partial charge in [0.05, 0.1) is 36.6 Å². The van der Waals surface area contributed by atoms with Crippen LogP contribution in [0.4, 0.5) is 5.00 Å². The lowest BCUT2D eigenvalue weighted by Crippen LogP contribution is -2.17. The van der Waals surface area contributed by atoms with Crippen molar-refractivity contribution in [3.8, 4) is 11.3 Å². The monoisotopic (exact) mass is 488 g/mol. The normalized spacial score (nSPS) is 10.8. The molecule has 2 heterocycles. The summed E-state index contributed by atoms with van der Waals surface area (Å²) in [6.07, 6.45) is 0. The second kappa shape index (κ2) is 9.68. The second-order valence-electron chi connectivity index (χ2n) is 8.04. The predicted molar refractivity (Wildman–Crippen MR) is 136 cm³/mol. The number of ether oxygens (including phenoxy) is 2. The molecule has 1 N–H and O–H groups in total. The minimum atomic E-state index is -0.652. The smallest absolute Gasteiger partial charge is 0.348 e. The molecule has 0 radical (unpaired) electrons. The van der Waals surface area contributed by atoms with Gasteiger partial charge in [-0.3, -0.25) is 4.79 Å². The summed E-state index contributed by atoms with van der Waals surface area (Å²) in [7, 11) is 2.51. The van der Waals surface area contributed by atoms with Crippen LogP contribution in [0.1, 0.15) is 47.1 Å². The number of nitrogens with one attached hydrogen (secondary N) is 1. The number of amides is 1. The molecule has 4 aromatic rings. The van der Waals surface area contributed by atoms with Crippen molar-refractivity contribution in [3.63, 3.8) is 0 Å². The fraction of sp³-hybridized carbons (Fsp3) is 0.185. The van der Waals surface area contributed by atoms with Gasteiger partial charge in [0.2, 0.25) is 0 Å². The number of hydrogen-bond acceptors (Lipinski definition) is 7. The van der Waals surface area contributed by atoms with Gasteiger partial charge in [-0.05, 0) is 38.0 Å². The van der Waals surface area contributed by atoms with Crippen LogP contribution in [0.2, 0.25) is 0 Å². The van der Waals surface area contributed by atoms with Gasteiger partial charge in [-0.25, -0.2) is 14.6 Å². The highest BCUT2D eigenvalue weighted by Crippen LogP contribution is 2.36. The van der Waals surface area contributed by atoms with E-state index in [9.17, 15) is 14.4 Å². The zero-order valence-corrected chi connectivity index (χ0v) is 20.8. The molecular formula is C27H24N2O5S. The molecule has 4 rings (SSSR count). The molecule has 0 saturated heterocycles. The third-order valence-corrected chi connectivity index (χ3v) is 7.01. The van der Waals surface area contributed by atoms with Crippen molar-refractivity contribution in [2.75, 3.05) is 19.5 Å². The van der Waals surface area contributed by atoms with Crippen molar-refractivity contribution in [1.82, 2.24) is 4.98 Å². The molecule has 0 aliphatic rings. The van der Waals surface area contributed by atoms with Crippen LogP contribution >= 0.6 is 11.3 Å². The number of benzene rings is 2. The van der Waals surface area contributed by atoms with Crippen molar-refractivity contribution in [1.29, 1.82) is 0 Å². The average Bonchev–Trinajstić information content (AvgIpc) is 3.18. The zero-order valence-electron chi connectivity index (χ0n) is 20.0. The minimum absolute atomic E-state index is 0.126. The number of fused-ring (bicyclic) bond motifs is 1. The number of hydrogen-bond donors (Lipinski definition) is 1. The van der Waals surface area contributed by atoms with Gasteiger partial charge in [0, 0.05) is 10.9 Å². The Kier molecular flexibility index (Phi) is 6.66. The van der Waals surface area contributed by atoms with Crippen LogP contribution < -0.4 is 5.32 Å². The van der Waals surface area contributed by atoms with Crippen LogP contribution in [-0.4, -0.2) is 37.0 Å². The molecule has 0 unspecified atom stereocenters. The molecule has 0 fully saturated rings. The number of nitrogens with zero attached hydrogens (tertiary/aromatic N) is 1. The summed E-state index contributed by atoms with van der Waals surface area (Å²) in [6, 6.07) is 15.3. The van der Waals surface area contributed by atoms with Gasteiger partial charge in [-0.2, -0.15) is 0 Å². The topological polar surface area (TPSA) is 94.6 Å². The molecule has 8 heteroatoms. The van der Waals surface area contributed by atoms with Gasteiger partial charge in [0.1, 0.15) is 9.88 Å². The van der Waals surface area contributed by atoms with E-state index in [-0.39, 0.29) is 15.4 Å². The molecule has 1 amide bonds. The maximum Gasteiger partial charge on any atom is 0.348 e. The van der Waals surface area contributed by atoms with Crippen LogP contribution in [0.5, 0.6) is 0 Å². The number of pyridine rings is 1. The summed E-state index contributed by atoms with van der Waals surface area (Å²) in [5.74, 6) is -1.66. The number of thiophene rings is 1. The lowest BCUT2D eigenvalue weighted by Gasteiger charge is -2.15. The van der Waals surface area contributed by atoms with Crippen LogP contribution in [-0.2, 0) is 9.47 Å². The highest BCUT2D eigenvalue weighted by atomic mass is 32.1. The number of carbonyl (C=O) groups is 3. The van der Waals surface area contributed by atoms with Crippen LogP contribution in [0, 0.1) is 20.8 Å². The molecule has 0 atom stereocenters. The first kappa shape index (κ1) is 24.1. The maximum absolute atomic E-state index is 13.7. The number of aromatic nitrogens is 1. The molecule has 7 nitrogen and oxygen atoms in total. The van der Waals surface area contributed by atoms with E-state index in [1.807, 2.05) is 62.4 Å². The number of methoxy groups -OCH3 is 2. The third-order valence-electron chi connectivity index (χ3n) is 5.82. The van der Waals surface area contributed by atoms with Gasteiger partial charge >= 0.3 is 11.9 Å². The number of aryl methyl sites for hydroxylation is 1. The SMILES string of the molecule is COC(=O)c1sc(NC(=O)c2c(C)c(-c3ccc(C)cc3)nc3ccccc23)c(C(=O)OC)c1C. The number of esters is 2. The number of para-hydroxylation sites is 1. The Balaban J connectivity index is 1.87. The Hall–Kier alpha value is -4.04. The Morgan fingerprint density at radius 3 is 2.14 bits per heavy atom. The molecule has 2 aromatic carbocycles. The van der Waals surface area contributed by atoms with Gasteiger partial charge < -0.3 is 14.8 Å². The molecular weight excluding hydrogens is 464 g/mol. The van der Waals surface area contributed by atoms with E-state index in [1.165, 1.54) is 14.2 Å². The summed E-state index contributed by atoms with van der Waals surface area (Å²) in [4.78, 5) is 43.5. The number of anilines is 1. The molecule has 35 heavy (non-hydrogen) atoms. The molecule has 0 bridgehead atoms. The number of carbonyl (C=O) groups excluding carboxylic acids is 3. The standard InChI is InChI=1S/C27H24N2O5S/c1-14-10-12-17(13-11-14)22-15(2)20(18-8-6-7-9-19(18)28-22)24(30)29-25-21(26(31)33-4)16(3)23(35-25)27(32)34-5/h6-13H,1-5H3,(H,29,30). The number of rotatable bonds is 5. The highest BCUT2D eigenvalue weighted by molar-refractivity contribution is 7.18. The summed E-state index contributed by atoms with van der Waals surface area (Å²) in [5, 5.41) is 3.75. The molecule has 0 spiro atoms. The first-order valence-corrected chi connectivity index (χ1v) is 11.7. The van der Waals surface area contributed by atoms with E-state index in [4.69, 9.17) is 14.5 Å². The van der Waals surface area contributed by atoms with Gasteiger partial charge in [-0.1, -0.05) is 48.0 Å². The summed E-state index contributed by atoms with van der Waals surface area (Å²) >= 11 is 0.976. The van der Waals surface area contributed by atoms with Crippen LogP contribution in [0.25, 0.3) is 22.2 Å². The largest absolute Gasteiger partial charge is 0.465 e. The zero-order chi connectivity index (χ0) is 25.3. The quantitative estimate of drug-likeness (QED) is 0.361. The lowest BCUT2D eigenvalue weighted by atomic mass is 9.96. The first-order chi connectivity index (χ1) is 16.8. The van der Waals surface area contributed by atoms with Crippen molar-refractivity contribution < 1.29 is 23.9 Å². The second-order valence-corrected chi connectivity index (χ2v) is 9.06. The molecule has 0 aliphatic heterocycles. The first-order valence-electron chi connectivity index (χ1n) is 10.8. The van der Waals surface area contributed by atoms with Crippen LogP contribution in [0.15, 0.2) is 48.5 Å². The summed E-state index contributed by atoms with van der Waals surface area (Å²) in [6.45, 7) is 5.48. The summed E-state index contributed by atoms with van der Waals surface area (Å²) < 4.78 is 9.74. The molecule has 0 saturated carbocycles. The fourth-order valence-electron chi connectivity index (χ4n) is 3.99. The Bertz CT molecular complexity index is 1470. The fourth-order valence-corrected chi connectivity index (χ4v) is 5.10. The Morgan fingerprint density at radius 2 is 1.49 bits per heavy atom. The van der Waals surface area contributed by atoms with Gasteiger partial charge in [-0.15, -0.1) is 11.3 Å². The van der Waals surface area contributed by atoms with E-state index in [1.54, 1.807) is 6.92 Å². The van der Waals surface area contributed by atoms with Crippen molar-refractivity contribution in [2.24, 2.45) is 0 Å². The average molecular weight is 489 g/mol. The minimum Gasteiger partial charge on any atom is -0.465 e. The van der Waals surface area contributed by atoms with Crippen molar-refractivity contribution in [3.05, 3.63) is 81.2 Å². The highest BCUT2D eigenvalue weighted by Gasteiger charge is 2.28. The Labute approximate surface area is 206 Å². The van der Waals surface area contributed by atoms with E-state index in [2.05, 4.69) is 5.32 Å². The van der Waals surface area contributed by atoms with Gasteiger partial charge in [0.15, 0.2) is 0 Å². The van der Waals surface area contributed by atoms with E-state index >= 15 is 0 Å². The van der Waals surface area contributed by atoms with Crippen molar-refractivity contribution >= 4 is 45.1 Å².